The van der Waals surface area contributed by atoms with Crippen molar-refractivity contribution in [2.24, 2.45) is 0 Å². The zero-order chi connectivity index (χ0) is 15.6. The quantitative estimate of drug-likeness (QED) is 0.758. The Morgan fingerprint density at radius 1 is 1.22 bits per heavy atom. The molecule has 1 N–H and O–H groups in total. The predicted molar refractivity (Wildman–Crippen MR) is 94.9 cm³/mol. The van der Waals surface area contributed by atoms with E-state index in [9.17, 15) is 0 Å². The number of aromatic nitrogens is 4. The number of fused-ring (bicyclic) bond motifs is 4. The molecule has 0 bridgehead atoms. The third kappa shape index (κ3) is 1.83. The standard InChI is InChI=1S/C16H15N5S2/c1-9(2)14-18-19-16-21(14)20-13(23-16)8-22-15(20)11-7-17-12-6-4-3-5-10(11)12/h3-9,15,17H,1-2H3. The maximum absolute atomic E-state index is 4.38. The Labute approximate surface area is 142 Å². The second-order valence-electron chi connectivity index (χ2n) is 5.99. The van der Waals surface area contributed by atoms with Crippen molar-refractivity contribution in [3.8, 4) is 0 Å². The van der Waals surface area contributed by atoms with E-state index >= 15 is 0 Å². The lowest BCUT2D eigenvalue weighted by Crippen LogP contribution is -2.31. The van der Waals surface area contributed by atoms with E-state index in [1.165, 1.54) is 21.5 Å². The number of nitrogens with one attached hydrogen (secondary N) is 1. The van der Waals surface area contributed by atoms with Gasteiger partial charge in [-0.05, 0) is 17.8 Å². The van der Waals surface area contributed by atoms with Crippen LogP contribution in [0.5, 0.6) is 0 Å². The Kier molecular flexibility index (Phi) is 2.84. The summed E-state index contributed by atoms with van der Waals surface area (Å²) in [6.07, 6.45) is 2.13. The molecule has 5 rings (SSSR count). The number of para-hydroxylation sites is 1. The van der Waals surface area contributed by atoms with Crippen LogP contribution in [-0.4, -0.2) is 19.9 Å². The number of benzene rings is 1. The van der Waals surface area contributed by atoms with E-state index in [-0.39, 0.29) is 5.37 Å². The molecule has 0 saturated heterocycles. The van der Waals surface area contributed by atoms with Crippen LogP contribution >= 0.6 is 23.5 Å². The van der Waals surface area contributed by atoms with E-state index in [2.05, 4.69) is 74.6 Å². The van der Waals surface area contributed by atoms with Gasteiger partial charge in [-0.25, -0.2) is 4.68 Å². The molecule has 2 aliphatic rings. The first-order valence-corrected chi connectivity index (χ1v) is 9.34. The van der Waals surface area contributed by atoms with Crippen LogP contribution in [0, 0.1) is 0 Å². The summed E-state index contributed by atoms with van der Waals surface area (Å²) in [4.78, 5) is 3.39. The smallest absolute Gasteiger partial charge is 0.216 e. The second kappa shape index (κ2) is 4.82. The number of rotatable bonds is 2. The van der Waals surface area contributed by atoms with E-state index in [1.807, 2.05) is 11.8 Å². The highest BCUT2D eigenvalue weighted by Gasteiger charge is 2.40. The van der Waals surface area contributed by atoms with Crippen molar-refractivity contribution in [3.05, 3.63) is 52.3 Å². The second-order valence-corrected chi connectivity index (χ2v) is 7.93. The number of thioether (sulfide) groups is 2. The lowest BCUT2D eigenvalue weighted by atomic mass is 10.1. The van der Waals surface area contributed by atoms with E-state index in [4.69, 9.17) is 0 Å². The number of hydrogen-bond acceptors (Lipinski definition) is 5. The van der Waals surface area contributed by atoms with Gasteiger partial charge in [-0.2, -0.15) is 0 Å². The van der Waals surface area contributed by atoms with Gasteiger partial charge in [-0.1, -0.05) is 43.8 Å². The van der Waals surface area contributed by atoms with Crippen molar-refractivity contribution in [1.82, 2.24) is 19.9 Å². The molecule has 2 aromatic heterocycles. The number of hydrogen-bond donors (Lipinski definition) is 1. The Balaban J connectivity index is 1.65. The minimum absolute atomic E-state index is 0.211. The van der Waals surface area contributed by atoms with Gasteiger partial charge in [0, 0.05) is 34.0 Å². The molecule has 0 fully saturated rings. The molecule has 5 nitrogen and oxygen atoms in total. The summed E-state index contributed by atoms with van der Waals surface area (Å²) in [5.41, 5.74) is 2.48. The van der Waals surface area contributed by atoms with Crippen LogP contribution in [-0.2, 0) is 0 Å². The van der Waals surface area contributed by atoms with Crippen LogP contribution in [0.3, 0.4) is 0 Å². The first-order valence-electron chi connectivity index (χ1n) is 7.58. The topological polar surface area (TPSA) is 49.7 Å². The SMILES string of the molecule is CC(C)c1nnc2n1N1C(=CSC1c1c[nH]c3ccccc13)S2. The maximum Gasteiger partial charge on any atom is 0.216 e. The minimum atomic E-state index is 0.211. The molecule has 4 heterocycles. The molecule has 1 unspecified atom stereocenters. The zero-order valence-electron chi connectivity index (χ0n) is 12.7. The van der Waals surface area contributed by atoms with Crippen molar-refractivity contribution in [2.45, 2.75) is 30.3 Å². The molecule has 3 aromatic rings. The third-order valence-electron chi connectivity index (χ3n) is 4.20. The number of nitrogens with zero attached hydrogens (tertiary/aromatic N) is 4. The van der Waals surface area contributed by atoms with Gasteiger partial charge in [0.2, 0.25) is 5.16 Å². The molecule has 0 amide bonds. The summed E-state index contributed by atoms with van der Waals surface area (Å²) in [5, 5.41) is 17.0. The lowest BCUT2D eigenvalue weighted by molar-refractivity contribution is 0.583. The highest BCUT2D eigenvalue weighted by molar-refractivity contribution is 8.07. The molecule has 7 heteroatoms. The molecular formula is C16H15N5S2. The molecule has 0 radical (unpaired) electrons. The summed E-state index contributed by atoms with van der Waals surface area (Å²) in [6, 6.07) is 8.46. The van der Waals surface area contributed by atoms with Gasteiger partial charge in [0.15, 0.2) is 5.82 Å². The van der Waals surface area contributed by atoms with Crippen molar-refractivity contribution >= 4 is 34.4 Å². The Hall–Kier alpha value is -1.86. The van der Waals surface area contributed by atoms with Crippen LogP contribution in [0.4, 0.5) is 0 Å². The minimum Gasteiger partial charge on any atom is -0.361 e. The number of aromatic amines is 1. The average molecular weight is 341 g/mol. The normalized spacial score (nSPS) is 19.5. The van der Waals surface area contributed by atoms with E-state index in [0.29, 0.717) is 5.92 Å². The maximum atomic E-state index is 4.38. The zero-order valence-corrected chi connectivity index (χ0v) is 14.4. The highest BCUT2D eigenvalue weighted by Crippen LogP contribution is 2.52. The van der Waals surface area contributed by atoms with Crippen LogP contribution < -0.4 is 5.01 Å². The van der Waals surface area contributed by atoms with Crippen LogP contribution in [0.2, 0.25) is 0 Å². The third-order valence-corrected chi connectivity index (χ3v) is 6.37. The fourth-order valence-electron chi connectivity index (χ4n) is 3.12. The van der Waals surface area contributed by atoms with Crippen molar-refractivity contribution in [2.75, 3.05) is 5.01 Å². The molecule has 2 aliphatic heterocycles. The van der Waals surface area contributed by atoms with Crippen LogP contribution in [0.15, 0.2) is 46.1 Å². The van der Waals surface area contributed by atoms with Gasteiger partial charge in [0.1, 0.15) is 10.4 Å². The van der Waals surface area contributed by atoms with Gasteiger partial charge >= 0.3 is 0 Å². The molecule has 1 aromatic carbocycles. The Morgan fingerprint density at radius 3 is 2.96 bits per heavy atom. The highest BCUT2D eigenvalue weighted by atomic mass is 32.2. The summed E-state index contributed by atoms with van der Waals surface area (Å²) in [6.45, 7) is 4.32. The van der Waals surface area contributed by atoms with E-state index < -0.39 is 0 Å². The summed E-state index contributed by atoms with van der Waals surface area (Å²) >= 11 is 3.54. The van der Waals surface area contributed by atoms with Crippen molar-refractivity contribution in [3.63, 3.8) is 0 Å². The van der Waals surface area contributed by atoms with Gasteiger partial charge in [-0.3, -0.25) is 5.01 Å². The molecular weight excluding hydrogens is 326 g/mol. The van der Waals surface area contributed by atoms with E-state index in [1.54, 1.807) is 11.8 Å². The van der Waals surface area contributed by atoms with Crippen molar-refractivity contribution < 1.29 is 0 Å². The van der Waals surface area contributed by atoms with Gasteiger partial charge in [0.25, 0.3) is 0 Å². The van der Waals surface area contributed by atoms with Gasteiger partial charge in [-0.15, -0.1) is 10.2 Å². The summed E-state index contributed by atoms with van der Waals surface area (Å²) in [5.74, 6) is 1.36. The largest absolute Gasteiger partial charge is 0.361 e. The molecule has 0 saturated carbocycles. The lowest BCUT2D eigenvalue weighted by Gasteiger charge is -2.26. The number of H-pyrrole nitrogens is 1. The van der Waals surface area contributed by atoms with Crippen LogP contribution in [0.1, 0.15) is 36.5 Å². The fraction of sp³-hybridized carbons (Fsp3) is 0.250. The Bertz CT molecular complexity index is 939. The van der Waals surface area contributed by atoms with E-state index in [0.717, 1.165) is 11.0 Å². The first kappa shape index (κ1) is 13.6. The van der Waals surface area contributed by atoms with Gasteiger partial charge < -0.3 is 4.98 Å². The van der Waals surface area contributed by atoms with Crippen LogP contribution in [0.25, 0.3) is 10.9 Å². The van der Waals surface area contributed by atoms with Gasteiger partial charge in [0.05, 0.1) is 0 Å². The molecule has 116 valence electrons. The Morgan fingerprint density at radius 2 is 2.09 bits per heavy atom. The monoisotopic (exact) mass is 341 g/mol. The summed E-state index contributed by atoms with van der Waals surface area (Å²) < 4.78 is 2.19. The predicted octanol–water partition coefficient (Wildman–Crippen LogP) is 4.17. The average Bonchev–Trinajstić information content (AvgIpc) is 3.25. The molecule has 0 aliphatic carbocycles. The van der Waals surface area contributed by atoms with Crippen molar-refractivity contribution in [1.29, 1.82) is 0 Å². The first-order chi connectivity index (χ1) is 11.2. The molecule has 1 atom stereocenters. The summed E-state index contributed by atoms with van der Waals surface area (Å²) in [7, 11) is 0. The fourth-order valence-corrected chi connectivity index (χ4v) is 5.39. The molecule has 0 spiro atoms. The molecule has 23 heavy (non-hydrogen) atoms.